The van der Waals surface area contributed by atoms with Crippen LogP contribution in [0.4, 0.5) is 17.6 Å². The van der Waals surface area contributed by atoms with E-state index in [1.54, 1.807) is 0 Å². The molecule has 0 radical (unpaired) electrons. The molecule has 2 unspecified atom stereocenters. The van der Waals surface area contributed by atoms with E-state index in [4.69, 9.17) is 0 Å². The first kappa shape index (κ1) is 36.0. The lowest BCUT2D eigenvalue weighted by Gasteiger charge is -2.25. The summed E-state index contributed by atoms with van der Waals surface area (Å²) in [6.45, 7) is -1.23. The number of nitrogens with one attached hydrogen (secondary N) is 2. The molecule has 4 aromatic carbocycles. The van der Waals surface area contributed by atoms with Crippen molar-refractivity contribution in [3.8, 4) is 0 Å². The van der Waals surface area contributed by atoms with Crippen molar-refractivity contribution in [1.29, 1.82) is 0 Å². The molecule has 4 aromatic rings. The van der Waals surface area contributed by atoms with Crippen LogP contribution in [0.25, 0.3) is 0 Å². The zero-order valence-electron chi connectivity index (χ0n) is 25.3. The van der Waals surface area contributed by atoms with Gasteiger partial charge in [0.2, 0.25) is 0 Å². The highest BCUT2D eigenvalue weighted by Crippen LogP contribution is 2.31. The molecule has 4 rings (SSSR count). The molecule has 0 fully saturated rings. The molecular weight excluding hydrogens is 676 g/mol. The van der Waals surface area contributed by atoms with E-state index in [9.17, 15) is 40.0 Å². The second-order valence-corrected chi connectivity index (χ2v) is 14.9. The highest BCUT2D eigenvalue weighted by Gasteiger charge is 2.34. The molecule has 0 saturated carbocycles. The van der Waals surface area contributed by atoms with Gasteiger partial charge in [0.15, 0.2) is 25.5 Å². The maximum atomic E-state index is 15.6. The topological polar surface area (TPSA) is 144 Å². The van der Waals surface area contributed by atoms with Crippen LogP contribution in [0, 0.1) is 23.3 Å². The molecule has 0 aliphatic heterocycles. The van der Waals surface area contributed by atoms with E-state index in [1.807, 2.05) is 0 Å². The van der Waals surface area contributed by atoms with Crippen molar-refractivity contribution >= 4 is 37.3 Å². The number of carbonyl (C=O) groups excluding carboxylic acids is 3. The molecule has 15 heteroatoms. The molecule has 48 heavy (non-hydrogen) atoms. The van der Waals surface area contributed by atoms with Crippen LogP contribution in [0.3, 0.4) is 0 Å². The number of ketones is 1. The molecule has 0 aliphatic rings. The Bertz CT molecular complexity index is 1940. The smallest absolute Gasteiger partial charge is 0.251 e. The van der Waals surface area contributed by atoms with Crippen LogP contribution in [-0.2, 0) is 24.5 Å². The Morgan fingerprint density at radius 1 is 0.562 bits per heavy atom. The van der Waals surface area contributed by atoms with Crippen LogP contribution in [0.15, 0.2) is 94.7 Å². The Morgan fingerprint density at radius 3 is 1.19 bits per heavy atom. The second kappa shape index (κ2) is 14.5. The average Bonchev–Trinajstić information content (AvgIpc) is 3.02. The van der Waals surface area contributed by atoms with E-state index in [2.05, 4.69) is 10.6 Å². The second-order valence-electron chi connectivity index (χ2n) is 10.9. The number of benzene rings is 4. The van der Waals surface area contributed by atoms with Gasteiger partial charge in [-0.25, -0.2) is 34.4 Å². The molecule has 0 spiro atoms. The normalized spacial score (nSPS) is 13.0. The van der Waals surface area contributed by atoms with Gasteiger partial charge >= 0.3 is 0 Å². The third-order valence-electron chi connectivity index (χ3n) is 7.38. The largest absolute Gasteiger partial charge is 0.351 e. The van der Waals surface area contributed by atoms with E-state index >= 15 is 8.78 Å². The first-order chi connectivity index (χ1) is 22.5. The van der Waals surface area contributed by atoms with Gasteiger partial charge in [0.25, 0.3) is 11.8 Å². The minimum absolute atomic E-state index is 0.0129. The zero-order valence-corrected chi connectivity index (χ0v) is 27.0. The number of rotatable bonds is 12. The molecule has 0 aromatic heterocycles. The van der Waals surface area contributed by atoms with Crippen LogP contribution in [0.1, 0.15) is 43.7 Å². The summed E-state index contributed by atoms with van der Waals surface area (Å²) in [4.78, 5) is 39.3. The van der Waals surface area contributed by atoms with Crippen molar-refractivity contribution in [3.05, 3.63) is 130 Å². The molecule has 2 N–H and O–H groups in total. The number of amides is 2. The average molecular weight is 705 g/mol. The summed E-state index contributed by atoms with van der Waals surface area (Å²) in [6, 6.07) is 14.2. The van der Waals surface area contributed by atoms with Gasteiger partial charge < -0.3 is 10.6 Å². The lowest BCUT2D eigenvalue weighted by atomic mass is 9.82. The number of hydrogen-bond acceptors (Lipinski definition) is 7. The summed E-state index contributed by atoms with van der Waals surface area (Å²) in [5, 5.41) is 4.91. The van der Waals surface area contributed by atoms with Gasteiger partial charge in [0.05, 0.1) is 21.6 Å². The summed E-state index contributed by atoms with van der Waals surface area (Å²) in [5.74, 6) is -9.30. The SMILES string of the molecule is CS(=O)(=O)c1ccc(C(CNC(=O)c2ccc(F)cc2)C(=O)C(CNC(=O)c2ccc(F)cc2)c2ccc(S(C)(=O)=O)cc2F)c(F)c1. The Labute approximate surface area is 273 Å². The standard InChI is InChI=1S/C33H28F4N2O7S2/c1-47(43,44)23-11-13-25(29(36)15-23)27(17-38-32(41)19-3-7-21(34)8-4-19)31(40)28(18-39-33(42)20-5-9-22(35)10-6-20)26-14-12-24(16-30(26)37)48(2,45)46/h3-16,27-28H,17-18H2,1-2H3,(H,38,41)(H,39,42). The number of carbonyl (C=O) groups is 3. The Hall–Kier alpha value is -4.89. The third kappa shape index (κ3) is 8.72. The molecule has 0 aliphatic carbocycles. The van der Waals surface area contributed by atoms with E-state index < -0.39 is 95.3 Å². The van der Waals surface area contributed by atoms with Crippen molar-refractivity contribution in [1.82, 2.24) is 10.6 Å². The fraction of sp³-hybridized carbons (Fsp3) is 0.182. The van der Waals surface area contributed by atoms with Gasteiger partial charge in [-0.3, -0.25) is 14.4 Å². The van der Waals surface area contributed by atoms with Crippen LogP contribution in [0.2, 0.25) is 0 Å². The highest BCUT2D eigenvalue weighted by atomic mass is 32.2. The maximum absolute atomic E-state index is 15.6. The lowest BCUT2D eigenvalue weighted by Crippen LogP contribution is -2.38. The van der Waals surface area contributed by atoms with Crippen molar-refractivity contribution < 1.29 is 48.8 Å². The molecule has 0 heterocycles. The summed E-state index contributed by atoms with van der Waals surface area (Å²) in [6.07, 6.45) is 1.69. The van der Waals surface area contributed by atoms with E-state index in [0.29, 0.717) is 12.1 Å². The van der Waals surface area contributed by atoms with E-state index in [-0.39, 0.29) is 22.3 Å². The van der Waals surface area contributed by atoms with Gasteiger partial charge in [-0.05, 0) is 72.8 Å². The highest BCUT2D eigenvalue weighted by molar-refractivity contribution is 7.91. The zero-order chi connectivity index (χ0) is 35.4. The predicted molar refractivity (Wildman–Crippen MR) is 167 cm³/mol. The van der Waals surface area contributed by atoms with E-state index in [0.717, 1.165) is 85.3 Å². The number of halogens is 4. The lowest BCUT2D eigenvalue weighted by molar-refractivity contribution is -0.121. The van der Waals surface area contributed by atoms with Crippen molar-refractivity contribution in [2.45, 2.75) is 21.6 Å². The van der Waals surface area contributed by atoms with E-state index in [1.165, 1.54) is 0 Å². The Morgan fingerprint density at radius 2 is 0.896 bits per heavy atom. The third-order valence-corrected chi connectivity index (χ3v) is 9.60. The van der Waals surface area contributed by atoms with Crippen LogP contribution >= 0.6 is 0 Å². The molecule has 0 bridgehead atoms. The minimum atomic E-state index is -3.88. The monoisotopic (exact) mass is 704 g/mol. The van der Waals surface area contributed by atoms with Gasteiger partial charge in [-0.15, -0.1) is 0 Å². The summed E-state index contributed by atoms with van der Waals surface area (Å²) >= 11 is 0. The molecule has 9 nitrogen and oxygen atoms in total. The molecular formula is C33H28F4N2O7S2. The predicted octanol–water partition coefficient (Wildman–Crippen LogP) is 4.35. The summed E-state index contributed by atoms with van der Waals surface area (Å²) in [5.41, 5.74) is -0.785. The molecule has 2 amide bonds. The summed E-state index contributed by atoms with van der Waals surface area (Å²) < 4.78 is 106. The Kier molecular flexibility index (Phi) is 10.8. The molecule has 0 saturated heterocycles. The molecule has 252 valence electrons. The fourth-order valence-electron chi connectivity index (χ4n) is 4.81. The number of hydrogen-bond donors (Lipinski definition) is 2. The van der Waals surface area contributed by atoms with Crippen LogP contribution in [0.5, 0.6) is 0 Å². The minimum Gasteiger partial charge on any atom is -0.351 e. The van der Waals surface area contributed by atoms with Gasteiger partial charge in [0.1, 0.15) is 23.3 Å². The van der Waals surface area contributed by atoms with Crippen LogP contribution < -0.4 is 10.6 Å². The van der Waals surface area contributed by atoms with Crippen molar-refractivity contribution in [3.63, 3.8) is 0 Å². The fourth-order valence-corrected chi connectivity index (χ4v) is 6.07. The van der Waals surface area contributed by atoms with Crippen LogP contribution in [-0.4, -0.2) is 60.0 Å². The first-order valence-electron chi connectivity index (χ1n) is 14.1. The maximum Gasteiger partial charge on any atom is 0.251 e. The van der Waals surface area contributed by atoms with Gasteiger partial charge in [0, 0.05) is 47.9 Å². The molecule has 2 atom stereocenters. The van der Waals surface area contributed by atoms with Gasteiger partial charge in [-0.1, -0.05) is 12.1 Å². The quantitative estimate of drug-likeness (QED) is 0.209. The van der Waals surface area contributed by atoms with Crippen molar-refractivity contribution in [2.75, 3.05) is 25.6 Å². The number of sulfone groups is 2. The first-order valence-corrected chi connectivity index (χ1v) is 17.8. The van der Waals surface area contributed by atoms with Crippen molar-refractivity contribution in [2.24, 2.45) is 0 Å². The Balaban J connectivity index is 1.78. The number of Topliss-reactive ketones (excluding diaryl/α,β-unsaturated/α-hetero) is 1. The summed E-state index contributed by atoms with van der Waals surface area (Å²) in [7, 11) is -7.75. The van der Waals surface area contributed by atoms with Gasteiger partial charge in [-0.2, -0.15) is 0 Å².